The van der Waals surface area contributed by atoms with E-state index in [9.17, 15) is 4.79 Å². The number of benzene rings is 1. The Labute approximate surface area is 114 Å². The maximum absolute atomic E-state index is 12.0. The summed E-state index contributed by atoms with van der Waals surface area (Å²) in [4.78, 5) is 14.8. The van der Waals surface area contributed by atoms with E-state index in [1.54, 1.807) is 12.3 Å². The molecular formula is C13H14BrN3O. The van der Waals surface area contributed by atoms with Gasteiger partial charge in [0.1, 0.15) is 5.69 Å². The molecule has 0 atom stereocenters. The second kappa shape index (κ2) is 5.27. The van der Waals surface area contributed by atoms with Crippen molar-refractivity contribution >= 4 is 33.2 Å². The maximum Gasteiger partial charge on any atom is 0.272 e. The average Bonchev–Trinajstić information content (AvgIpc) is 2.78. The van der Waals surface area contributed by atoms with Crippen LogP contribution >= 0.6 is 15.9 Å². The fourth-order valence-electron chi connectivity index (χ4n) is 1.71. The first kappa shape index (κ1) is 12.7. The maximum atomic E-state index is 12.0. The lowest BCUT2D eigenvalue weighted by atomic mass is 10.1. The zero-order chi connectivity index (χ0) is 13.1. The molecule has 1 heterocycles. The number of hydrogen-bond donors (Lipinski definition) is 3. The Morgan fingerprint density at radius 3 is 2.83 bits per heavy atom. The predicted molar refractivity (Wildman–Crippen MR) is 76.7 cm³/mol. The van der Waals surface area contributed by atoms with Gasteiger partial charge in [-0.1, -0.05) is 22.9 Å². The monoisotopic (exact) mass is 307 g/mol. The summed E-state index contributed by atoms with van der Waals surface area (Å²) in [6.07, 6.45) is 2.44. The molecule has 0 fully saturated rings. The van der Waals surface area contributed by atoms with Crippen molar-refractivity contribution in [3.8, 4) is 0 Å². The molecule has 18 heavy (non-hydrogen) atoms. The standard InChI is InChI=1S/C13H14BrN3O/c1-2-8-5-9(14)3-4-11(8)17-13(18)12-6-10(15)7-16-12/h3-7,16H,2,15H2,1H3,(H,17,18). The summed E-state index contributed by atoms with van der Waals surface area (Å²) in [6.45, 7) is 2.05. The highest BCUT2D eigenvalue weighted by molar-refractivity contribution is 9.10. The summed E-state index contributed by atoms with van der Waals surface area (Å²) < 4.78 is 1.00. The van der Waals surface area contributed by atoms with Crippen LogP contribution in [0, 0.1) is 0 Å². The second-order valence-corrected chi connectivity index (χ2v) is 4.87. The average molecular weight is 308 g/mol. The van der Waals surface area contributed by atoms with Gasteiger partial charge in [0.25, 0.3) is 5.91 Å². The summed E-state index contributed by atoms with van der Waals surface area (Å²) in [5.41, 5.74) is 8.47. The van der Waals surface area contributed by atoms with Crippen LogP contribution in [0.25, 0.3) is 0 Å². The van der Waals surface area contributed by atoms with E-state index >= 15 is 0 Å². The van der Waals surface area contributed by atoms with Crippen LogP contribution in [0.3, 0.4) is 0 Å². The number of aromatic nitrogens is 1. The second-order valence-electron chi connectivity index (χ2n) is 3.96. The van der Waals surface area contributed by atoms with Gasteiger partial charge in [0.2, 0.25) is 0 Å². The quantitative estimate of drug-likeness (QED) is 0.815. The largest absolute Gasteiger partial charge is 0.397 e. The van der Waals surface area contributed by atoms with E-state index in [-0.39, 0.29) is 5.91 Å². The van der Waals surface area contributed by atoms with Gasteiger partial charge in [-0.3, -0.25) is 4.79 Å². The Bertz CT molecular complexity index is 577. The van der Waals surface area contributed by atoms with Gasteiger partial charge in [-0.05, 0) is 36.2 Å². The number of nitrogens with two attached hydrogens (primary N) is 1. The molecular weight excluding hydrogens is 294 g/mol. The molecule has 0 aliphatic rings. The topological polar surface area (TPSA) is 70.9 Å². The predicted octanol–water partition coefficient (Wildman–Crippen LogP) is 3.17. The number of H-pyrrole nitrogens is 1. The molecule has 94 valence electrons. The van der Waals surface area contributed by atoms with Gasteiger partial charge in [0.15, 0.2) is 0 Å². The Morgan fingerprint density at radius 1 is 1.44 bits per heavy atom. The SMILES string of the molecule is CCc1cc(Br)ccc1NC(=O)c1cc(N)c[nH]1. The fraction of sp³-hybridized carbons (Fsp3) is 0.154. The van der Waals surface area contributed by atoms with Crippen LogP contribution < -0.4 is 11.1 Å². The Hall–Kier alpha value is -1.75. The van der Waals surface area contributed by atoms with Gasteiger partial charge in [-0.2, -0.15) is 0 Å². The molecule has 0 saturated heterocycles. The highest BCUT2D eigenvalue weighted by Gasteiger charge is 2.10. The molecule has 1 aromatic heterocycles. The van der Waals surface area contributed by atoms with Crippen LogP contribution in [-0.2, 0) is 6.42 Å². The fourth-order valence-corrected chi connectivity index (χ4v) is 2.12. The molecule has 2 aromatic rings. The van der Waals surface area contributed by atoms with Crippen molar-refractivity contribution in [2.75, 3.05) is 11.1 Å². The molecule has 0 aliphatic heterocycles. The molecule has 0 aliphatic carbocycles. The molecule has 0 spiro atoms. The van der Waals surface area contributed by atoms with E-state index in [2.05, 4.69) is 26.2 Å². The van der Waals surface area contributed by atoms with Gasteiger partial charge >= 0.3 is 0 Å². The van der Waals surface area contributed by atoms with Gasteiger partial charge < -0.3 is 16.0 Å². The Balaban J connectivity index is 2.21. The molecule has 0 unspecified atom stereocenters. The molecule has 1 aromatic carbocycles. The van der Waals surface area contributed by atoms with Crippen LogP contribution in [0.15, 0.2) is 34.9 Å². The molecule has 4 nitrogen and oxygen atoms in total. The van der Waals surface area contributed by atoms with Crippen molar-refractivity contribution in [3.63, 3.8) is 0 Å². The van der Waals surface area contributed by atoms with Crippen LogP contribution in [-0.4, -0.2) is 10.9 Å². The van der Waals surface area contributed by atoms with E-state index in [1.165, 1.54) is 0 Å². The first-order valence-corrected chi connectivity index (χ1v) is 6.43. The molecule has 0 radical (unpaired) electrons. The number of hydrogen-bond acceptors (Lipinski definition) is 2. The van der Waals surface area contributed by atoms with Crippen LogP contribution in [0.2, 0.25) is 0 Å². The van der Waals surface area contributed by atoms with E-state index < -0.39 is 0 Å². The van der Waals surface area contributed by atoms with Crippen molar-refractivity contribution in [2.24, 2.45) is 0 Å². The highest BCUT2D eigenvalue weighted by atomic mass is 79.9. The normalized spacial score (nSPS) is 10.3. The third-order valence-electron chi connectivity index (χ3n) is 2.65. The number of nitrogens with one attached hydrogen (secondary N) is 2. The van der Waals surface area contributed by atoms with Crippen molar-refractivity contribution in [1.82, 2.24) is 4.98 Å². The molecule has 4 N–H and O–H groups in total. The summed E-state index contributed by atoms with van der Waals surface area (Å²) in [6, 6.07) is 7.39. The minimum atomic E-state index is -0.191. The highest BCUT2D eigenvalue weighted by Crippen LogP contribution is 2.22. The molecule has 2 rings (SSSR count). The number of halogens is 1. The zero-order valence-electron chi connectivity index (χ0n) is 9.96. The number of carbonyl (C=O) groups excluding carboxylic acids is 1. The smallest absolute Gasteiger partial charge is 0.272 e. The third kappa shape index (κ3) is 2.73. The minimum absolute atomic E-state index is 0.191. The lowest BCUT2D eigenvalue weighted by Gasteiger charge is -2.09. The lowest BCUT2D eigenvalue weighted by molar-refractivity contribution is 0.102. The van der Waals surface area contributed by atoms with Crippen molar-refractivity contribution in [1.29, 1.82) is 0 Å². The lowest BCUT2D eigenvalue weighted by Crippen LogP contribution is -2.13. The van der Waals surface area contributed by atoms with E-state index in [4.69, 9.17) is 5.73 Å². The summed E-state index contributed by atoms with van der Waals surface area (Å²) in [7, 11) is 0. The molecule has 0 bridgehead atoms. The van der Waals surface area contributed by atoms with E-state index in [1.807, 2.05) is 25.1 Å². The van der Waals surface area contributed by atoms with Crippen LogP contribution in [0.5, 0.6) is 0 Å². The number of aromatic amines is 1. The van der Waals surface area contributed by atoms with Gasteiger partial charge in [-0.25, -0.2) is 0 Å². The van der Waals surface area contributed by atoms with Gasteiger partial charge in [-0.15, -0.1) is 0 Å². The van der Waals surface area contributed by atoms with Gasteiger partial charge in [0, 0.05) is 22.0 Å². The number of rotatable bonds is 3. The van der Waals surface area contributed by atoms with Crippen molar-refractivity contribution < 1.29 is 4.79 Å². The summed E-state index contributed by atoms with van der Waals surface area (Å²) >= 11 is 3.42. The summed E-state index contributed by atoms with van der Waals surface area (Å²) in [5.74, 6) is -0.191. The molecule has 5 heteroatoms. The Morgan fingerprint density at radius 2 is 2.22 bits per heavy atom. The van der Waals surface area contributed by atoms with Crippen LogP contribution in [0.1, 0.15) is 23.0 Å². The molecule has 0 saturated carbocycles. The van der Waals surface area contributed by atoms with Crippen molar-refractivity contribution in [2.45, 2.75) is 13.3 Å². The van der Waals surface area contributed by atoms with E-state index in [0.29, 0.717) is 11.4 Å². The van der Waals surface area contributed by atoms with Gasteiger partial charge in [0.05, 0.1) is 0 Å². The van der Waals surface area contributed by atoms with Crippen LogP contribution in [0.4, 0.5) is 11.4 Å². The number of amides is 1. The zero-order valence-corrected chi connectivity index (χ0v) is 11.5. The van der Waals surface area contributed by atoms with E-state index in [0.717, 1.165) is 22.1 Å². The number of nitrogen functional groups attached to an aromatic ring is 1. The third-order valence-corrected chi connectivity index (χ3v) is 3.14. The first-order chi connectivity index (χ1) is 8.60. The Kier molecular flexibility index (Phi) is 3.72. The number of carbonyl (C=O) groups is 1. The number of anilines is 2. The number of aryl methyl sites for hydroxylation is 1. The van der Waals surface area contributed by atoms with Crippen molar-refractivity contribution in [3.05, 3.63) is 46.2 Å². The molecule has 1 amide bonds. The minimum Gasteiger partial charge on any atom is -0.397 e. The first-order valence-electron chi connectivity index (χ1n) is 5.64. The summed E-state index contributed by atoms with van der Waals surface area (Å²) in [5, 5.41) is 2.87.